The molecule has 0 spiro atoms. The first-order chi connectivity index (χ1) is 11.4. The molecule has 0 aromatic heterocycles. The Morgan fingerprint density at radius 3 is 2.54 bits per heavy atom. The molecule has 3 rings (SSSR count). The Labute approximate surface area is 140 Å². The molecule has 1 heterocycles. The Bertz CT molecular complexity index is 907. The van der Waals surface area contributed by atoms with Crippen LogP contribution in [0.1, 0.15) is 11.1 Å². The summed E-state index contributed by atoms with van der Waals surface area (Å²) in [5.41, 5.74) is 0.669. The van der Waals surface area contributed by atoms with Crippen molar-refractivity contribution in [2.45, 2.75) is 0 Å². The lowest BCUT2D eigenvalue weighted by atomic mass is 10.2. The summed E-state index contributed by atoms with van der Waals surface area (Å²) in [6.07, 6.45) is 1.44. The fraction of sp³-hybridized carbons (Fsp3) is 0. The van der Waals surface area contributed by atoms with Gasteiger partial charge in [-0.3, -0.25) is 10.1 Å². The summed E-state index contributed by atoms with van der Waals surface area (Å²) in [6.45, 7) is 0. The summed E-state index contributed by atoms with van der Waals surface area (Å²) in [5, 5.41) is 10.8. The molecule has 0 amide bonds. The van der Waals surface area contributed by atoms with Crippen LogP contribution in [0.3, 0.4) is 0 Å². The zero-order valence-corrected chi connectivity index (χ0v) is 12.7. The van der Waals surface area contributed by atoms with Gasteiger partial charge in [0.25, 0.3) is 5.69 Å². The number of esters is 1. The molecule has 0 atom stereocenters. The molecule has 6 nitrogen and oxygen atoms in total. The second-order valence-corrected chi connectivity index (χ2v) is 5.22. The highest BCUT2D eigenvalue weighted by Crippen LogP contribution is 2.27. The van der Waals surface area contributed by atoms with E-state index in [1.54, 1.807) is 0 Å². The number of nitro benzene ring substituents is 1. The van der Waals surface area contributed by atoms with E-state index in [0.717, 1.165) is 6.07 Å². The van der Waals surface area contributed by atoms with Crippen LogP contribution >= 0.6 is 11.6 Å². The number of carbonyl (C=O) groups excluding carboxylic acids is 1. The second-order valence-electron chi connectivity index (χ2n) is 4.81. The number of nitrogens with zero attached hydrogens (tertiary/aromatic N) is 2. The topological polar surface area (TPSA) is 81.8 Å². The molecule has 2 aromatic carbocycles. The molecular formula is C16H8ClFN2O4. The molecule has 1 aliphatic heterocycles. The average Bonchev–Trinajstić information content (AvgIpc) is 2.90. The van der Waals surface area contributed by atoms with Crippen molar-refractivity contribution >= 4 is 35.2 Å². The maximum atomic E-state index is 12.9. The van der Waals surface area contributed by atoms with E-state index < -0.39 is 16.7 Å². The Morgan fingerprint density at radius 1 is 1.21 bits per heavy atom. The number of cyclic esters (lactones) is 1. The fourth-order valence-corrected chi connectivity index (χ4v) is 2.29. The molecular weight excluding hydrogens is 339 g/mol. The molecule has 0 unspecified atom stereocenters. The Morgan fingerprint density at radius 2 is 1.92 bits per heavy atom. The van der Waals surface area contributed by atoms with Gasteiger partial charge >= 0.3 is 5.97 Å². The van der Waals surface area contributed by atoms with Crippen molar-refractivity contribution in [2.75, 3.05) is 0 Å². The van der Waals surface area contributed by atoms with Crippen molar-refractivity contribution in [2.24, 2.45) is 4.99 Å². The van der Waals surface area contributed by atoms with E-state index >= 15 is 0 Å². The zero-order valence-electron chi connectivity index (χ0n) is 11.9. The molecule has 0 N–H and O–H groups in total. The van der Waals surface area contributed by atoms with Crippen molar-refractivity contribution in [3.63, 3.8) is 0 Å². The van der Waals surface area contributed by atoms with Gasteiger partial charge in [0.1, 0.15) is 5.82 Å². The molecule has 0 bridgehead atoms. The largest absolute Gasteiger partial charge is 0.402 e. The number of hydrogen-bond donors (Lipinski definition) is 0. The molecule has 0 saturated carbocycles. The van der Waals surface area contributed by atoms with Gasteiger partial charge < -0.3 is 4.74 Å². The molecule has 0 radical (unpaired) electrons. The first-order valence-corrected chi connectivity index (χ1v) is 7.04. The molecule has 24 heavy (non-hydrogen) atoms. The van der Waals surface area contributed by atoms with Gasteiger partial charge in [-0.2, -0.15) is 0 Å². The highest BCUT2D eigenvalue weighted by atomic mass is 35.5. The lowest BCUT2D eigenvalue weighted by molar-refractivity contribution is -0.384. The predicted octanol–water partition coefficient (Wildman–Crippen LogP) is 3.73. The van der Waals surface area contributed by atoms with Gasteiger partial charge in [-0.25, -0.2) is 14.2 Å². The standard InChI is InChI=1S/C16H8ClFN2O4/c17-13-8-11(20(22)23)5-6-12(13)15-19-14(16(21)24-15)7-9-1-3-10(18)4-2-9/h1-8H/b14-7-. The summed E-state index contributed by atoms with van der Waals surface area (Å²) in [6, 6.07) is 9.22. The van der Waals surface area contributed by atoms with E-state index in [0.29, 0.717) is 5.56 Å². The van der Waals surface area contributed by atoms with Gasteiger partial charge in [-0.05, 0) is 29.8 Å². The normalized spacial score (nSPS) is 15.3. The van der Waals surface area contributed by atoms with E-state index in [4.69, 9.17) is 16.3 Å². The van der Waals surface area contributed by atoms with Crippen LogP contribution in [-0.2, 0) is 9.53 Å². The van der Waals surface area contributed by atoms with Gasteiger partial charge in [0, 0.05) is 12.1 Å². The number of nitro groups is 1. The van der Waals surface area contributed by atoms with Crippen LogP contribution in [0.4, 0.5) is 10.1 Å². The predicted molar refractivity (Wildman–Crippen MR) is 85.1 cm³/mol. The van der Waals surface area contributed by atoms with E-state index in [1.165, 1.54) is 42.5 Å². The molecule has 1 aliphatic rings. The van der Waals surface area contributed by atoms with E-state index in [-0.39, 0.29) is 27.9 Å². The van der Waals surface area contributed by atoms with E-state index in [9.17, 15) is 19.3 Å². The van der Waals surface area contributed by atoms with Gasteiger partial charge in [0.2, 0.25) is 5.90 Å². The van der Waals surface area contributed by atoms with Crippen LogP contribution in [-0.4, -0.2) is 16.8 Å². The summed E-state index contributed by atoms with van der Waals surface area (Å²) < 4.78 is 17.9. The quantitative estimate of drug-likeness (QED) is 0.367. The molecule has 8 heteroatoms. The van der Waals surface area contributed by atoms with Crippen LogP contribution in [0, 0.1) is 15.9 Å². The minimum absolute atomic E-state index is 0.0195. The molecule has 2 aromatic rings. The maximum Gasteiger partial charge on any atom is 0.363 e. The molecule has 0 saturated heterocycles. The summed E-state index contributed by atoms with van der Waals surface area (Å²) in [7, 11) is 0. The SMILES string of the molecule is O=C1OC(c2ccc([N+](=O)[O-])cc2Cl)=N/C1=C\c1ccc(F)cc1. The Hall–Kier alpha value is -3.06. The zero-order chi connectivity index (χ0) is 17.3. The third kappa shape index (κ3) is 3.16. The highest BCUT2D eigenvalue weighted by molar-refractivity contribution is 6.34. The average molecular weight is 347 g/mol. The number of halogens is 2. The van der Waals surface area contributed by atoms with Crippen molar-refractivity contribution < 1.29 is 18.8 Å². The number of ether oxygens (including phenoxy) is 1. The minimum Gasteiger partial charge on any atom is -0.402 e. The second kappa shape index (κ2) is 6.21. The minimum atomic E-state index is -0.691. The number of rotatable bonds is 3. The first-order valence-electron chi connectivity index (χ1n) is 6.66. The van der Waals surface area contributed by atoms with E-state index in [1.807, 2.05) is 0 Å². The van der Waals surface area contributed by atoms with Crippen molar-refractivity contribution in [1.29, 1.82) is 0 Å². The number of hydrogen-bond acceptors (Lipinski definition) is 5. The monoisotopic (exact) mass is 346 g/mol. The maximum absolute atomic E-state index is 12.9. The third-order valence-corrected chi connectivity index (χ3v) is 3.50. The summed E-state index contributed by atoms with van der Waals surface area (Å²) in [4.78, 5) is 26.1. The Balaban J connectivity index is 1.94. The first kappa shape index (κ1) is 15.8. The molecule has 0 fully saturated rings. The summed E-state index contributed by atoms with van der Waals surface area (Å²) in [5.74, 6) is -1.13. The number of non-ortho nitro benzene ring substituents is 1. The number of aliphatic imine (C=N–C) groups is 1. The Kier molecular flexibility index (Phi) is 4.09. The van der Waals surface area contributed by atoms with Gasteiger partial charge in [-0.15, -0.1) is 0 Å². The van der Waals surface area contributed by atoms with Crippen molar-refractivity contribution in [1.82, 2.24) is 0 Å². The van der Waals surface area contributed by atoms with Crippen molar-refractivity contribution in [3.8, 4) is 0 Å². The lowest BCUT2D eigenvalue weighted by Gasteiger charge is -2.02. The van der Waals surface area contributed by atoms with E-state index in [2.05, 4.69) is 4.99 Å². The van der Waals surface area contributed by atoms with Crippen LogP contribution in [0.2, 0.25) is 5.02 Å². The van der Waals surface area contributed by atoms with Crippen molar-refractivity contribution in [3.05, 3.63) is 80.2 Å². The van der Waals surface area contributed by atoms with Gasteiger partial charge in [-0.1, -0.05) is 23.7 Å². The van der Waals surface area contributed by atoms with Crippen LogP contribution in [0.15, 0.2) is 53.2 Å². The lowest BCUT2D eigenvalue weighted by Crippen LogP contribution is -2.06. The summed E-state index contributed by atoms with van der Waals surface area (Å²) >= 11 is 5.99. The van der Waals surface area contributed by atoms with Crippen LogP contribution in [0.5, 0.6) is 0 Å². The van der Waals surface area contributed by atoms with Crippen LogP contribution in [0.25, 0.3) is 6.08 Å². The van der Waals surface area contributed by atoms with Gasteiger partial charge in [0.15, 0.2) is 5.70 Å². The molecule has 120 valence electrons. The third-order valence-electron chi connectivity index (χ3n) is 3.19. The number of benzene rings is 2. The van der Waals surface area contributed by atoms with Gasteiger partial charge in [0.05, 0.1) is 15.5 Å². The molecule has 0 aliphatic carbocycles. The fourth-order valence-electron chi connectivity index (χ4n) is 2.03. The highest BCUT2D eigenvalue weighted by Gasteiger charge is 2.26. The number of carbonyl (C=O) groups is 1. The smallest absolute Gasteiger partial charge is 0.363 e. The van der Waals surface area contributed by atoms with Crippen LogP contribution < -0.4 is 0 Å².